The lowest BCUT2D eigenvalue weighted by Gasteiger charge is -1.99. The number of nitrogens with zero attached hydrogens (tertiary/aromatic N) is 1. The van der Waals surface area contributed by atoms with E-state index in [0.29, 0.717) is 19.3 Å². The first kappa shape index (κ1) is 15.8. The lowest BCUT2D eigenvalue weighted by atomic mass is 10.1. The van der Waals surface area contributed by atoms with Crippen LogP contribution in [0.2, 0.25) is 0 Å². The number of nitrogens with one attached hydrogen (secondary N) is 2. The normalized spacial score (nSPS) is 11.1. The standard InChI is InChI=1S/C16H19N3O3/c20-15(8-2-1-3-9-16(21)22)19-18-11-12-10-17-14-7-5-4-6-13(12)14/h4-7,10-11,17H,1-3,8-9H2,(H,19,20)(H,21,22)/b18-11+. The smallest absolute Gasteiger partial charge is 0.303 e. The van der Waals surface area contributed by atoms with E-state index in [2.05, 4.69) is 15.5 Å². The number of unbranched alkanes of at least 4 members (excludes halogenated alkanes) is 2. The van der Waals surface area contributed by atoms with Crippen LogP contribution in [-0.2, 0) is 9.59 Å². The monoisotopic (exact) mass is 301 g/mol. The van der Waals surface area contributed by atoms with E-state index in [4.69, 9.17) is 5.11 Å². The van der Waals surface area contributed by atoms with Crippen LogP contribution in [0.3, 0.4) is 0 Å². The lowest BCUT2D eigenvalue weighted by Crippen LogP contribution is -2.16. The summed E-state index contributed by atoms with van der Waals surface area (Å²) < 4.78 is 0. The van der Waals surface area contributed by atoms with Crippen molar-refractivity contribution in [3.63, 3.8) is 0 Å². The fourth-order valence-corrected chi connectivity index (χ4v) is 2.17. The summed E-state index contributed by atoms with van der Waals surface area (Å²) in [6, 6.07) is 7.86. The number of hydrogen-bond acceptors (Lipinski definition) is 3. The summed E-state index contributed by atoms with van der Waals surface area (Å²) >= 11 is 0. The SMILES string of the molecule is O=C(O)CCCCCC(=O)N/N=C/c1c[nH]c2ccccc12. The number of H-pyrrole nitrogens is 1. The second-order valence-corrected chi connectivity index (χ2v) is 5.04. The van der Waals surface area contributed by atoms with E-state index in [1.54, 1.807) is 6.21 Å². The van der Waals surface area contributed by atoms with Gasteiger partial charge in [-0.15, -0.1) is 0 Å². The average molecular weight is 301 g/mol. The molecule has 0 bridgehead atoms. The van der Waals surface area contributed by atoms with Crippen molar-refractivity contribution in [2.75, 3.05) is 0 Å². The number of carbonyl (C=O) groups is 2. The van der Waals surface area contributed by atoms with Gasteiger partial charge in [0.25, 0.3) is 0 Å². The molecule has 2 aromatic rings. The Morgan fingerprint density at radius 1 is 1.18 bits per heavy atom. The minimum Gasteiger partial charge on any atom is -0.481 e. The minimum absolute atomic E-state index is 0.153. The van der Waals surface area contributed by atoms with Gasteiger partial charge in [0.1, 0.15) is 0 Å². The molecule has 1 aromatic carbocycles. The maximum absolute atomic E-state index is 11.6. The number of hydrogen-bond donors (Lipinski definition) is 3. The van der Waals surface area contributed by atoms with Gasteiger partial charge in [-0.05, 0) is 18.9 Å². The molecule has 0 aliphatic rings. The van der Waals surface area contributed by atoms with Crippen molar-refractivity contribution in [1.82, 2.24) is 10.4 Å². The molecule has 2 rings (SSSR count). The summed E-state index contributed by atoms with van der Waals surface area (Å²) in [6.07, 6.45) is 5.95. The number of carboxylic acids is 1. The molecule has 1 amide bonds. The number of carboxylic acid groups (broad SMARTS) is 1. The Kier molecular flexibility index (Phi) is 5.71. The number of fused-ring (bicyclic) bond motifs is 1. The number of aromatic nitrogens is 1. The number of benzene rings is 1. The van der Waals surface area contributed by atoms with Crippen molar-refractivity contribution in [1.29, 1.82) is 0 Å². The molecule has 1 aromatic heterocycles. The molecule has 0 saturated carbocycles. The number of carbonyl (C=O) groups excluding carboxylic acids is 1. The molecule has 116 valence electrons. The van der Waals surface area contributed by atoms with Crippen LogP contribution in [0.25, 0.3) is 10.9 Å². The highest BCUT2D eigenvalue weighted by Gasteiger charge is 2.02. The molecular weight excluding hydrogens is 282 g/mol. The fourth-order valence-electron chi connectivity index (χ4n) is 2.17. The molecule has 6 heteroatoms. The van der Waals surface area contributed by atoms with Crippen molar-refractivity contribution in [3.05, 3.63) is 36.0 Å². The van der Waals surface area contributed by atoms with Crippen molar-refractivity contribution in [3.8, 4) is 0 Å². The third-order valence-corrected chi connectivity index (χ3v) is 3.31. The summed E-state index contributed by atoms with van der Waals surface area (Å²) in [5, 5.41) is 13.5. The van der Waals surface area contributed by atoms with Gasteiger partial charge in [-0.1, -0.05) is 24.6 Å². The Bertz CT molecular complexity index is 676. The van der Waals surface area contributed by atoms with Gasteiger partial charge in [0.05, 0.1) is 6.21 Å². The molecule has 0 fully saturated rings. The van der Waals surface area contributed by atoms with E-state index in [0.717, 1.165) is 22.9 Å². The zero-order valence-electron chi connectivity index (χ0n) is 12.2. The van der Waals surface area contributed by atoms with Gasteiger partial charge in [0.15, 0.2) is 0 Å². The molecule has 0 radical (unpaired) electrons. The summed E-state index contributed by atoms with van der Waals surface area (Å²) in [4.78, 5) is 25.1. The zero-order chi connectivity index (χ0) is 15.8. The molecular formula is C16H19N3O3. The minimum atomic E-state index is -0.798. The summed E-state index contributed by atoms with van der Waals surface area (Å²) in [5.74, 6) is -0.959. The quantitative estimate of drug-likeness (QED) is 0.397. The molecule has 0 atom stereocenters. The number of amides is 1. The second kappa shape index (κ2) is 7.97. The third kappa shape index (κ3) is 4.73. The molecule has 1 heterocycles. The van der Waals surface area contributed by atoms with Crippen LogP contribution in [0.4, 0.5) is 0 Å². The number of aliphatic carboxylic acids is 1. The molecule has 6 nitrogen and oxygen atoms in total. The molecule has 0 aliphatic heterocycles. The maximum atomic E-state index is 11.6. The van der Waals surface area contributed by atoms with Gasteiger partial charge in [-0.2, -0.15) is 5.10 Å². The Morgan fingerprint density at radius 2 is 1.95 bits per heavy atom. The van der Waals surface area contributed by atoms with Crippen molar-refractivity contribution >= 4 is 29.0 Å². The van der Waals surface area contributed by atoms with Crippen LogP contribution in [0.5, 0.6) is 0 Å². The van der Waals surface area contributed by atoms with Gasteiger partial charge in [0.2, 0.25) is 5.91 Å². The molecule has 0 spiro atoms. The number of aromatic amines is 1. The van der Waals surface area contributed by atoms with Gasteiger partial charge in [0, 0.05) is 35.5 Å². The maximum Gasteiger partial charge on any atom is 0.303 e. The Labute approximate surface area is 128 Å². The molecule has 3 N–H and O–H groups in total. The van der Waals surface area contributed by atoms with Crippen LogP contribution in [0, 0.1) is 0 Å². The zero-order valence-corrected chi connectivity index (χ0v) is 12.2. The Balaban J connectivity index is 1.73. The van der Waals surface area contributed by atoms with E-state index >= 15 is 0 Å². The first-order valence-corrected chi connectivity index (χ1v) is 7.26. The fraction of sp³-hybridized carbons (Fsp3) is 0.312. The summed E-state index contributed by atoms with van der Waals surface area (Å²) in [6.45, 7) is 0. The van der Waals surface area contributed by atoms with E-state index in [-0.39, 0.29) is 12.3 Å². The van der Waals surface area contributed by atoms with Gasteiger partial charge in [-0.25, -0.2) is 5.43 Å². The first-order valence-electron chi connectivity index (χ1n) is 7.26. The predicted molar refractivity (Wildman–Crippen MR) is 84.8 cm³/mol. The van der Waals surface area contributed by atoms with Crippen LogP contribution < -0.4 is 5.43 Å². The number of para-hydroxylation sites is 1. The van der Waals surface area contributed by atoms with Crippen molar-refractivity contribution in [2.45, 2.75) is 32.1 Å². The van der Waals surface area contributed by atoms with E-state index < -0.39 is 5.97 Å². The molecule has 22 heavy (non-hydrogen) atoms. The number of rotatable bonds is 8. The van der Waals surface area contributed by atoms with E-state index in [1.165, 1.54) is 0 Å². The number of hydrazone groups is 1. The van der Waals surface area contributed by atoms with Crippen LogP contribution in [-0.4, -0.2) is 28.2 Å². The Morgan fingerprint density at radius 3 is 2.77 bits per heavy atom. The summed E-state index contributed by atoms with van der Waals surface area (Å²) in [5.41, 5.74) is 4.42. The van der Waals surface area contributed by atoms with Crippen LogP contribution in [0.1, 0.15) is 37.7 Å². The van der Waals surface area contributed by atoms with Gasteiger partial charge >= 0.3 is 5.97 Å². The third-order valence-electron chi connectivity index (χ3n) is 3.31. The van der Waals surface area contributed by atoms with E-state index in [1.807, 2.05) is 30.5 Å². The molecule has 0 saturated heterocycles. The first-order chi connectivity index (χ1) is 10.7. The molecule has 0 unspecified atom stereocenters. The van der Waals surface area contributed by atoms with Crippen LogP contribution in [0.15, 0.2) is 35.6 Å². The highest BCUT2D eigenvalue weighted by molar-refractivity contribution is 5.99. The highest BCUT2D eigenvalue weighted by atomic mass is 16.4. The Hall–Kier alpha value is -2.63. The van der Waals surface area contributed by atoms with Gasteiger partial charge in [-0.3, -0.25) is 9.59 Å². The topological polar surface area (TPSA) is 94.5 Å². The highest BCUT2D eigenvalue weighted by Crippen LogP contribution is 2.15. The van der Waals surface area contributed by atoms with Gasteiger partial charge < -0.3 is 10.1 Å². The summed E-state index contributed by atoms with van der Waals surface area (Å²) in [7, 11) is 0. The average Bonchev–Trinajstić information content (AvgIpc) is 2.90. The van der Waals surface area contributed by atoms with Crippen LogP contribution >= 0.6 is 0 Å². The predicted octanol–water partition coefficient (Wildman–Crippen LogP) is 2.65. The van der Waals surface area contributed by atoms with Crippen molar-refractivity contribution in [2.24, 2.45) is 5.10 Å². The van der Waals surface area contributed by atoms with Crippen molar-refractivity contribution < 1.29 is 14.7 Å². The second-order valence-electron chi connectivity index (χ2n) is 5.04. The lowest BCUT2D eigenvalue weighted by molar-refractivity contribution is -0.137. The largest absolute Gasteiger partial charge is 0.481 e. The molecule has 0 aliphatic carbocycles. The van der Waals surface area contributed by atoms with E-state index in [9.17, 15) is 9.59 Å².